The van der Waals surface area contributed by atoms with E-state index in [0.717, 1.165) is 53.7 Å². The molecule has 0 radical (unpaired) electrons. The molecule has 2 N–H and O–H groups in total. The number of hydrogen-bond acceptors (Lipinski definition) is 7. The Morgan fingerprint density at radius 1 is 0.780 bits per heavy atom. The summed E-state index contributed by atoms with van der Waals surface area (Å²) < 4.78 is 0. The molecule has 0 saturated heterocycles. The van der Waals surface area contributed by atoms with Crippen LogP contribution in [0.25, 0.3) is 23.3 Å². The standard InChI is InChI=1S/C34H44N2O3S2/c1-31(2)18-25(19-32(3,4)35(31)38)28-13-12-27(41-28)17-23-11-9-10-22(29(23)37)16-24-14-15-40-30(24)26-20-33(5,6)36(39)34(7,8)21-26/h12-18,20,38-39H,9-11,19,21H2,1-8H3/b22-16+,23-17+. The van der Waals surface area contributed by atoms with Crippen LogP contribution in [0.4, 0.5) is 0 Å². The van der Waals surface area contributed by atoms with Crippen LogP contribution >= 0.6 is 22.7 Å². The number of hydrogen-bond donors (Lipinski definition) is 2. The van der Waals surface area contributed by atoms with Gasteiger partial charge in [-0.1, -0.05) is 12.2 Å². The molecule has 0 aromatic carbocycles. The Morgan fingerprint density at radius 3 is 1.95 bits per heavy atom. The van der Waals surface area contributed by atoms with Crippen molar-refractivity contribution in [3.63, 3.8) is 0 Å². The van der Waals surface area contributed by atoms with Crippen molar-refractivity contribution < 1.29 is 15.2 Å². The van der Waals surface area contributed by atoms with E-state index in [0.29, 0.717) is 0 Å². The fourth-order valence-electron chi connectivity index (χ4n) is 6.86. The number of carbonyl (C=O) groups excluding carboxylic acids is 1. The number of carbonyl (C=O) groups is 1. The van der Waals surface area contributed by atoms with Crippen molar-refractivity contribution in [2.45, 2.75) is 110 Å². The second kappa shape index (κ2) is 10.5. The molecule has 0 atom stereocenters. The van der Waals surface area contributed by atoms with E-state index in [1.54, 1.807) is 22.7 Å². The molecule has 2 aliphatic heterocycles. The van der Waals surface area contributed by atoms with Gasteiger partial charge in [-0.3, -0.25) is 4.79 Å². The van der Waals surface area contributed by atoms with Crippen LogP contribution in [0, 0.1) is 0 Å². The molecule has 5 rings (SSSR count). The minimum Gasteiger partial charge on any atom is -0.313 e. The van der Waals surface area contributed by atoms with Crippen molar-refractivity contribution in [2.24, 2.45) is 0 Å². The smallest absolute Gasteiger partial charge is 0.185 e. The zero-order valence-electron chi connectivity index (χ0n) is 25.7. The maximum atomic E-state index is 13.7. The first-order valence-corrected chi connectivity index (χ1v) is 16.3. The van der Waals surface area contributed by atoms with Gasteiger partial charge in [0.15, 0.2) is 5.78 Å². The molecule has 5 nitrogen and oxygen atoms in total. The summed E-state index contributed by atoms with van der Waals surface area (Å²) in [5.41, 5.74) is 3.66. The number of nitrogens with zero attached hydrogens (tertiary/aromatic N) is 2. The van der Waals surface area contributed by atoms with Gasteiger partial charge in [-0.25, -0.2) is 0 Å². The highest BCUT2D eigenvalue weighted by atomic mass is 32.1. The molecule has 7 heteroatoms. The molecule has 0 amide bonds. The summed E-state index contributed by atoms with van der Waals surface area (Å²) >= 11 is 3.43. The molecule has 1 aliphatic carbocycles. The lowest BCUT2D eigenvalue weighted by molar-refractivity contribution is -0.211. The minimum atomic E-state index is -0.474. The normalized spacial score (nSPS) is 26.3. The Balaban J connectivity index is 1.40. The van der Waals surface area contributed by atoms with E-state index in [1.165, 1.54) is 31.0 Å². The Morgan fingerprint density at radius 2 is 1.34 bits per heavy atom. The fourth-order valence-corrected chi connectivity index (χ4v) is 8.74. The lowest BCUT2D eigenvalue weighted by Crippen LogP contribution is -2.55. The second-order valence-electron chi connectivity index (χ2n) is 14.2. The van der Waals surface area contributed by atoms with Crippen LogP contribution in [0.1, 0.15) is 108 Å². The van der Waals surface area contributed by atoms with Gasteiger partial charge in [0, 0.05) is 36.9 Å². The second-order valence-corrected chi connectivity index (χ2v) is 16.2. The predicted molar refractivity (Wildman–Crippen MR) is 172 cm³/mol. The van der Waals surface area contributed by atoms with E-state index in [9.17, 15) is 15.2 Å². The van der Waals surface area contributed by atoms with Crippen LogP contribution in [0.2, 0.25) is 0 Å². The van der Waals surface area contributed by atoms with Crippen molar-refractivity contribution in [1.29, 1.82) is 0 Å². The van der Waals surface area contributed by atoms with Gasteiger partial charge in [0.2, 0.25) is 0 Å². The van der Waals surface area contributed by atoms with Gasteiger partial charge in [-0.15, -0.1) is 22.7 Å². The molecule has 0 bridgehead atoms. The van der Waals surface area contributed by atoms with Crippen LogP contribution in [0.15, 0.2) is 46.9 Å². The zero-order valence-corrected chi connectivity index (χ0v) is 27.3. The van der Waals surface area contributed by atoms with E-state index in [-0.39, 0.29) is 16.9 Å². The van der Waals surface area contributed by atoms with Gasteiger partial charge in [0.1, 0.15) is 0 Å². The number of Topliss-reactive ketones (excluding diaryl/α,β-unsaturated/α-hetero) is 1. The van der Waals surface area contributed by atoms with Crippen molar-refractivity contribution in [2.75, 3.05) is 0 Å². The molecule has 3 aliphatic rings. The first-order chi connectivity index (χ1) is 19.0. The van der Waals surface area contributed by atoms with Crippen LogP contribution in [-0.2, 0) is 4.79 Å². The van der Waals surface area contributed by atoms with Gasteiger partial charge in [0.05, 0.1) is 11.1 Å². The number of allylic oxidation sites excluding steroid dienone is 2. The van der Waals surface area contributed by atoms with Crippen LogP contribution < -0.4 is 0 Å². The zero-order chi connectivity index (χ0) is 30.0. The summed E-state index contributed by atoms with van der Waals surface area (Å²) in [6.07, 6.45) is 12.6. The number of ketones is 1. The third-order valence-electron chi connectivity index (χ3n) is 8.59. The maximum Gasteiger partial charge on any atom is 0.185 e. The van der Waals surface area contributed by atoms with Crippen molar-refractivity contribution in [3.05, 3.63) is 67.1 Å². The molecule has 41 heavy (non-hydrogen) atoms. The van der Waals surface area contributed by atoms with E-state index < -0.39 is 11.1 Å². The fraction of sp³-hybridized carbons (Fsp3) is 0.500. The average molecular weight is 593 g/mol. The van der Waals surface area contributed by atoms with E-state index in [2.05, 4.69) is 75.6 Å². The highest BCUT2D eigenvalue weighted by molar-refractivity contribution is 7.14. The first-order valence-electron chi connectivity index (χ1n) is 14.6. The highest BCUT2D eigenvalue weighted by Crippen LogP contribution is 2.44. The number of thiophene rings is 2. The van der Waals surface area contributed by atoms with Crippen molar-refractivity contribution >= 4 is 51.8 Å². The molecule has 2 aromatic heterocycles. The minimum absolute atomic E-state index is 0.151. The SMILES string of the molecule is CC1(C)C=C(c2ccc(/C=C3\CCC/C(=C\c4ccsc4C4=CC(C)(C)N(O)C(C)(C)C4)C3=O)s2)CC(C)(C)N1O. The Hall–Kier alpha value is -2.13. The molecule has 0 unspecified atom stereocenters. The molecule has 2 aromatic rings. The molecule has 4 heterocycles. The number of rotatable bonds is 4. The first kappa shape index (κ1) is 30.3. The molecule has 220 valence electrons. The lowest BCUT2D eigenvalue weighted by Gasteiger charge is -2.47. The molecule has 1 saturated carbocycles. The summed E-state index contributed by atoms with van der Waals surface area (Å²) in [5.74, 6) is 0.151. The summed E-state index contributed by atoms with van der Waals surface area (Å²) in [6, 6.07) is 6.38. The summed E-state index contributed by atoms with van der Waals surface area (Å²) in [7, 11) is 0. The molecule has 1 fully saturated rings. The summed E-state index contributed by atoms with van der Waals surface area (Å²) in [4.78, 5) is 17.2. The number of hydroxylamine groups is 4. The summed E-state index contributed by atoms with van der Waals surface area (Å²) in [6.45, 7) is 16.4. The van der Waals surface area contributed by atoms with Crippen molar-refractivity contribution in [1.82, 2.24) is 10.1 Å². The Bertz CT molecular complexity index is 1480. The molecular formula is C34H44N2O3S2. The quantitative estimate of drug-likeness (QED) is 0.347. The van der Waals surface area contributed by atoms with Gasteiger partial charge in [0.25, 0.3) is 0 Å². The average Bonchev–Trinajstić information content (AvgIpc) is 3.52. The van der Waals surface area contributed by atoms with Gasteiger partial charge >= 0.3 is 0 Å². The predicted octanol–water partition coefficient (Wildman–Crippen LogP) is 9.10. The monoisotopic (exact) mass is 592 g/mol. The van der Waals surface area contributed by atoms with Crippen LogP contribution in [0.3, 0.4) is 0 Å². The van der Waals surface area contributed by atoms with Gasteiger partial charge in [-0.05, 0) is 140 Å². The Kier molecular flexibility index (Phi) is 7.80. The van der Waals surface area contributed by atoms with Gasteiger partial charge in [-0.2, -0.15) is 10.1 Å². The van der Waals surface area contributed by atoms with Gasteiger partial charge < -0.3 is 10.4 Å². The topological polar surface area (TPSA) is 64.0 Å². The van der Waals surface area contributed by atoms with Crippen LogP contribution in [0.5, 0.6) is 0 Å². The maximum absolute atomic E-state index is 13.7. The summed E-state index contributed by atoms with van der Waals surface area (Å²) in [5, 5.41) is 26.4. The lowest BCUT2D eigenvalue weighted by atomic mass is 9.81. The molecule has 0 spiro atoms. The van der Waals surface area contributed by atoms with E-state index >= 15 is 0 Å². The Labute approximate surface area is 253 Å². The van der Waals surface area contributed by atoms with E-state index in [1.807, 2.05) is 27.7 Å². The highest BCUT2D eigenvalue weighted by Gasteiger charge is 2.42. The van der Waals surface area contributed by atoms with Crippen LogP contribution in [-0.4, -0.2) is 48.5 Å². The largest absolute Gasteiger partial charge is 0.313 e. The van der Waals surface area contributed by atoms with Crippen molar-refractivity contribution in [3.8, 4) is 0 Å². The van der Waals surface area contributed by atoms with E-state index in [4.69, 9.17) is 0 Å². The third-order valence-corrected chi connectivity index (χ3v) is 10.7. The third kappa shape index (κ3) is 5.90. The molecular weight excluding hydrogens is 549 g/mol.